The van der Waals surface area contributed by atoms with Crippen molar-refractivity contribution in [3.63, 3.8) is 0 Å². The van der Waals surface area contributed by atoms with Gasteiger partial charge in [0.2, 0.25) is 0 Å². The average Bonchev–Trinajstić information content (AvgIpc) is 2.45. The number of nitrogens with zero attached hydrogens (tertiary/aromatic N) is 1. The Kier molecular flexibility index (Phi) is 3.78. The first-order chi connectivity index (χ1) is 9.58. The number of pyridine rings is 1. The lowest BCUT2D eigenvalue weighted by atomic mass is 10.00. The van der Waals surface area contributed by atoms with E-state index in [-0.39, 0.29) is 35.4 Å². The smallest absolute Gasteiger partial charge is 0.167 e. The van der Waals surface area contributed by atoms with E-state index in [0.717, 1.165) is 0 Å². The summed E-state index contributed by atoms with van der Waals surface area (Å²) in [6.07, 6.45) is 3.04. The summed E-state index contributed by atoms with van der Waals surface area (Å²) in [4.78, 5) is 4.03. The average molecular weight is 306 g/mol. The van der Waals surface area contributed by atoms with Crippen LogP contribution < -0.4 is 0 Å². The molecule has 1 aromatic heterocycles. The molecule has 0 aliphatic rings. The summed E-state index contributed by atoms with van der Waals surface area (Å²) < 4.78 is 0. The number of aromatic nitrogens is 1. The molecule has 0 atom stereocenters. The minimum absolute atomic E-state index is 0. The van der Waals surface area contributed by atoms with E-state index in [2.05, 4.69) is 4.98 Å². The SMILES string of the molecule is Cl.Oc1ccc(-c2cncc3c(O)c(O)ccc23)cc1O. The van der Waals surface area contributed by atoms with Gasteiger partial charge in [-0.05, 0) is 35.2 Å². The van der Waals surface area contributed by atoms with Gasteiger partial charge in [0.15, 0.2) is 23.0 Å². The highest BCUT2D eigenvalue weighted by molar-refractivity contribution is 6.00. The maximum Gasteiger partial charge on any atom is 0.167 e. The molecule has 0 amide bonds. The van der Waals surface area contributed by atoms with Gasteiger partial charge in [0.25, 0.3) is 0 Å². The van der Waals surface area contributed by atoms with Gasteiger partial charge in [0.1, 0.15) is 0 Å². The van der Waals surface area contributed by atoms with E-state index in [0.29, 0.717) is 21.9 Å². The third kappa shape index (κ3) is 2.39. The lowest BCUT2D eigenvalue weighted by Gasteiger charge is -2.09. The molecule has 0 bridgehead atoms. The van der Waals surface area contributed by atoms with Crippen LogP contribution in [0, 0.1) is 0 Å². The number of fused-ring (bicyclic) bond motifs is 1. The van der Waals surface area contributed by atoms with Crippen molar-refractivity contribution in [3.8, 4) is 34.1 Å². The number of phenols is 4. The van der Waals surface area contributed by atoms with Gasteiger partial charge in [0.05, 0.1) is 0 Å². The van der Waals surface area contributed by atoms with Crippen molar-refractivity contribution in [2.45, 2.75) is 0 Å². The van der Waals surface area contributed by atoms with Gasteiger partial charge in [0, 0.05) is 23.3 Å². The first-order valence-electron chi connectivity index (χ1n) is 5.89. The number of aromatic hydroxyl groups is 4. The van der Waals surface area contributed by atoms with Crippen LogP contribution in [-0.4, -0.2) is 25.4 Å². The topological polar surface area (TPSA) is 93.8 Å². The summed E-state index contributed by atoms with van der Waals surface area (Å²) in [6.45, 7) is 0. The van der Waals surface area contributed by atoms with E-state index in [1.165, 1.54) is 24.4 Å². The van der Waals surface area contributed by atoms with Crippen molar-refractivity contribution in [2.75, 3.05) is 0 Å². The maximum atomic E-state index is 9.85. The van der Waals surface area contributed by atoms with E-state index in [1.54, 1.807) is 18.3 Å². The fourth-order valence-corrected chi connectivity index (χ4v) is 2.14. The predicted molar refractivity (Wildman–Crippen MR) is 81.1 cm³/mol. The van der Waals surface area contributed by atoms with Crippen molar-refractivity contribution in [2.24, 2.45) is 0 Å². The quantitative estimate of drug-likeness (QED) is 0.518. The van der Waals surface area contributed by atoms with Gasteiger partial charge in [-0.25, -0.2) is 0 Å². The molecule has 0 aliphatic heterocycles. The van der Waals surface area contributed by atoms with Crippen LogP contribution in [-0.2, 0) is 0 Å². The van der Waals surface area contributed by atoms with Crippen LogP contribution in [0.4, 0.5) is 0 Å². The molecule has 5 nitrogen and oxygen atoms in total. The molecule has 108 valence electrons. The van der Waals surface area contributed by atoms with Crippen molar-refractivity contribution in [1.29, 1.82) is 0 Å². The number of hydrogen-bond donors (Lipinski definition) is 4. The molecule has 3 aromatic rings. The lowest BCUT2D eigenvalue weighted by molar-refractivity contribution is 0.404. The Labute approximate surface area is 126 Å². The standard InChI is InChI=1S/C15H11NO4.ClH/c17-12-3-1-8(5-14(12)19)10-6-16-7-11-9(10)2-4-13(18)15(11)20;/h1-7,17-20H;1H. The molecular weight excluding hydrogens is 294 g/mol. The summed E-state index contributed by atoms with van der Waals surface area (Å²) >= 11 is 0. The zero-order chi connectivity index (χ0) is 14.3. The number of benzene rings is 2. The third-order valence-electron chi connectivity index (χ3n) is 3.18. The highest BCUT2D eigenvalue weighted by Gasteiger charge is 2.11. The van der Waals surface area contributed by atoms with E-state index >= 15 is 0 Å². The van der Waals surface area contributed by atoms with Gasteiger partial charge in [-0.1, -0.05) is 6.07 Å². The fourth-order valence-electron chi connectivity index (χ4n) is 2.14. The molecule has 3 rings (SSSR count). The highest BCUT2D eigenvalue weighted by Crippen LogP contribution is 2.39. The number of rotatable bonds is 1. The first kappa shape index (κ1) is 14.7. The summed E-state index contributed by atoms with van der Waals surface area (Å²) in [5.41, 5.74) is 1.32. The van der Waals surface area contributed by atoms with Crippen LogP contribution in [0.3, 0.4) is 0 Å². The molecule has 0 fully saturated rings. The Morgan fingerprint density at radius 3 is 2.14 bits per heavy atom. The highest BCUT2D eigenvalue weighted by atomic mass is 35.5. The second kappa shape index (κ2) is 5.38. The fraction of sp³-hybridized carbons (Fsp3) is 0. The van der Waals surface area contributed by atoms with Crippen LogP contribution in [0.1, 0.15) is 0 Å². The molecule has 0 spiro atoms. The van der Waals surface area contributed by atoms with Crippen molar-refractivity contribution < 1.29 is 20.4 Å². The summed E-state index contributed by atoms with van der Waals surface area (Å²) in [6, 6.07) is 7.47. The third-order valence-corrected chi connectivity index (χ3v) is 3.18. The maximum absolute atomic E-state index is 9.85. The molecule has 6 heteroatoms. The van der Waals surface area contributed by atoms with E-state index in [4.69, 9.17) is 0 Å². The van der Waals surface area contributed by atoms with Gasteiger partial charge in [-0.2, -0.15) is 0 Å². The van der Waals surface area contributed by atoms with Crippen molar-refractivity contribution >= 4 is 23.2 Å². The van der Waals surface area contributed by atoms with Crippen molar-refractivity contribution in [1.82, 2.24) is 4.98 Å². The van der Waals surface area contributed by atoms with Gasteiger partial charge < -0.3 is 20.4 Å². The molecule has 0 saturated carbocycles. The van der Waals surface area contributed by atoms with E-state index in [9.17, 15) is 20.4 Å². The second-order valence-corrected chi connectivity index (χ2v) is 4.42. The Morgan fingerprint density at radius 1 is 0.714 bits per heavy atom. The number of hydrogen-bond acceptors (Lipinski definition) is 5. The van der Waals surface area contributed by atoms with Gasteiger partial charge in [-0.15, -0.1) is 12.4 Å². The van der Waals surface area contributed by atoms with Crippen molar-refractivity contribution in [3.05, 3.63) is 42.7 Å². The zero-order valence-electron chi connectivity index (χ0n) is 10.7. The number of phenolic OH excluding ortho intramolecular Hbond substituents is 4. The first-order valence-corrected chi connectivity index (χ1v) is 5.89. The normalized spacial score (nSPS) is 10.3. The number of halogens is 1. The summed E-state index contributed by atoms with van der Waals surface area (Å²) in [5, 5.41) is 39.4. The molecule has 0 radical (unpaired) electrons. The summed E-state index contributed by atoms with van der Waals surface area (Å²) in [5.74, 6) is -0.894. The van der Waals surface area contributed by atoms with Gasteiger partial charge >= 0.3 is 0 Å². The Bertz CT molecular complexity index is 820. The van der Waals surface area contributed by atoms with E-state index in [1.807, 2.05) is 0 Å². The molecule has 0 aliphatic carbocycles. The Hall–Kier alpha value is -2.66. The molecule has 21 heavy (non-hydrogen) atoms. The van der Waals surface area contributed by atoms with Crippen LogP contribution in [0.5, 0.6) is 23.0 Å². The minimum Gasteiger partial charge on any atom is -0.504 e. The van der Waals surface area contributed by atoms with Crippen LogP contribution in [0.15, 0.2) is 42.7 Å². The molecular formula is C15H12ClNO4. The monoisotopic (exact) mass is 305 g/mol. The second-order valence-electron chi connectivity index (χ2n) is 4.42. The van der Waals surface area contributed by atoms with Crippen LogP contribution in [0.25, 0.3) is 21.9 Å². The van der Waals surface area contributed by atoms with E-state index < -0.39 is 0 Å². The molecule has 1 heterocycles. The summed E-state index contributed by atoms with van der Waals surface area (Å²) in [7, 11) is 0. The van der Waals surface area contributed by atoms with Crippen LogP contribution >= 0.6 is 12.4 Å². The lowest BCUT2D eigenvalue weighted by Crippen LogP contribution is -1.85. The zero-order valence-corrected chi connectivity index (χ0v) is 11.5. The Morgan fingerprint density at radius 2 is 1.43 bits per heavy atom. The van der Waals surface area contributed by atoms with Gasteiger partial charge in [-0.3, -0.25) is 4.98 Å². The molecule has 0 unspecified atom stereocenters. The molecule has 4 N–H and O–H groups in total. The molecule has 0 saturated heterocycles. The Balaban J connectivity index is 0.00000161. The van der Waals surface area contributed by atoms with Crippen LogP contribution in [0.2, 0.25) is 0 Å². The predicted octanol–water partition coefficient (Wildman–Crippen LogP) is 3.15. The molecule has 2 aromatic carbocycles. The minimum atomic E-state index is -0.236. The largest absolute Gasteiger partial charge is 0.504 e.